The van der Waals surface area contributed by atoms with E-state index in [2.05, 4.69) is 15.1 Å². The van der Waals surface area contributed by atoms with E-state index in [4.69, 9.17) is 0 Å². The smallest absolute Gasteiger partial charge is 0.220 e. The Morgan fingerprint density at radius 2 is 1.86 bits per heavy atom. The fourth-order valence-electron chi connectivity index (χ4n) is 2.55. The largest absolute Gasteiger partial charge is 0.369 e. The van der Waals surface area contributed by atoms with Crippen molar-refractivity contribution in [3.05, 3.63) is 30.1 Å². The lowest BCUT2D eigenvalue weighted by molar-refractivity contribution is -0.121. The number of anilines is 1. The Morgan fingerprint density at radius 1 is 1.19 bits per heavy atom. The third-order valence-electron chi connectivity index (χ3n) is 3.79. The second-order valence-electron chi connectivity index (χ2n) is 5.41. The van der Waals surface area contributed by atoms with E-state index in [1.807, 2.05) is 19.1 Å². The number of rotatable bonds is 6. The van der Waals surface area contributed by atoms with E-state index in [0.29, 0.717) is 6.42 Å². The molecule has 116 valence electrons. The van der Waals surface area contributed by atoms with Crippen LogP contribution in [0.15, 0.2) is 24.3 Å². The highest BCUT2D eigenvalue weighted by Gasteiger charge is 2.16. The molecule has 21 heavy (non-hydrogen) atoms. The molecule has 0 radical (unpaired) electrons. The minimum atomic E-state index is -0.194. The van der Waals surface area contributed by atoms with Crippen LogP contribution in [0.25, 0.3) is 0 Å². The average Bonchev–Trinajstić information content (AvgIpc) is 2.49. The van der Waals surface area contributed by atoms with Crippen LogP contribution in [-0.4, -0.2) is 50.1 Å². The molecular formula is C16H24FN3O. The van der Waals surface area contributed by atoms with E-state index in [0.717, 1.165) is 51.4 Å². The van der Waals surface area contributed by atoms with Gasteiger partial charge in [0, 0.05) is 51.4 Å². The Balaban J connectivity index is 1.68. The second kappa shape index (κ2) is 7.98. The zero-order valence-electron chi connectivity index (χ0n) is 12.6. The molecular weight excluding hydrogens is 269 g/mol. The summed E-state index contributed by atoms with van der Waals surface area (Å²) in [4.78, 5) is 16.0. The highest BCUT2D eigenvalue weighted by Crippen LogP contribution is 2.16. The first-order chi connectivity index (χ1) is 10.2. The van der Waals surface area contributed by atoms with Crippen LogP contribution < -0.4 is 10.2 Å². The van der Waals surface area contributed by atoms with E-state index in [1.54, 1.807) is 0 Å². The van der Waals surface area contributed by atoms with Crippen molar-refractivity contribution in [2.24, 2.45) is 0 Å². The van der Waals surface area contributed by atoms with Crippen molar-refractivity contribution in [1.29, 1.82) is 0 Å². The summed E-state index contributed by atoms with van der Waals surface area (Å²) in [5.74, 6) is -0.0531. The summed E-state index contributed by atoms with van der Waals surface area (Å²) in [6.45, 7) is 7.45. The van der Waals surface area contributed by atoms with Crippen LogP contribution >= 0.6 is 0 Å². The van der Waals surface area contributed by atoms with Crippen LogP contribution in [0.3, 0.4) is 0 Å². The molecule has 2 rings (SSSR count). The molecule has 1 amide bonds. The summed E-state index contributed by atoms with van der Waals surface area (Å²) >= 11 is 0. The van der Waals surface area contributed by atoms with Crippen LogP contribution in [0, 0.1) is 5.82 Å². The first-order valence-electron chi connectivity index (χ1n) is 7.68. The van der Waals surface area contributed by atoms with Crippen LogP contribution in [0.2, 0.25) is 0 Å². The fourth-order valence-corrected chi connectivity index (χ4v) is 2.55. The van der Waals surface area contributed by atoms with Crippen LogP contribution in [0.1, 0.15) is 19.8 Å². The van der Waals surface area contributed by atoms with Crippen LogP contribution in [0.4, 0.5) is 10.1 Å². The summed E-state index contributed by atoms with van der Waals surface area (Å²) in [5.41, 5.74) is 1.08. The number of halogens is 1. The van der Waals surface area contributed by atoms with Gasteiger partial charge in [0.15, 0.2) is 0 Å². The molecule has 1 aromatic rings. The van der Waals surface area contributed by atoms with Gasteiger partial charge < -0.3 is 10.2 Å². The monoisotopic (exact) mass is 293 g/mol. The molecule has 4 nitrogen and oxygen atoms in total. The number of nitrogens with zero attached hydrogens (tertiary/aromatic N) is 2. The SMILES string of the molecule is CCCC(=O)NCCN1CCN(c2ccc(F)cc2)CC1. The zero-order chi connectivity index (χ0) is 15.1. The van der Waals surface area contributed by atoms with E-state index in [-0.39, 0.29) is 11.7 Å². The summed E-state index contributed by atoms with van der Waals surface area (Å²) in [5, 5.41) is 2.94. The van der Waals surface area contributed by atoms with Crippen molar-refractivity contribution in [2.45, 2.75) is 19.8 Å². The maximum absolute atomic E-state index is 12.9. The minimum absolute atomic E-state index is 0.141. The van der Waals surface area contributed by atoms with Crippen molar-refractivity contribution >= 4 is 11.6 Å². The topological polar surface area (TPSA) is 35.6 Å². The predicted octanol–water partition coefficient (Wildman–Crippen LogP) is 1.86. The normalized spacial score (nSPS) is 16.0. The average molecular weight is 293 g/mol. The van der Waals surface area contributed by atoms with Gasteiger partial charge in [0.2, 0.25) is 5.91 Å². The first-order valence-corrected chi connectivity index (χ1v) is 7.68. The Kier molecular flexibility index (Phi) is 5.99. The van der Waals surface area contributed by atoms with Crippen molar-refractivity contribution < 1.29 is 9.18 Å². The summed E-state index contributed by atoms with van der Waals surface area (Å²) in [7, 11) is 0. The molecule has 0 aliphatic carbocycles. The Morgan fingerprint density at radius 3 is 2.48 bits per heavy atom. The van der Waals surface area contributed by atoms with E-state index < -0.39 is 0 Å². The highest BCUT2D eigenvalue weighted by atomic mass is 19.1. The van der Waals surface area contributed by atoms with Gasteiger partial charge in [0.05, 0.1) is 0 Å². The lowest BCUT2D eigenvalue weighted by atomic mass is 10.2. The second-order valence-corrected chi connectivity index (χ2v) is 5.41. The third kappa shape index (κ3) is 5.01. The van der Waals surface area contributed by atoms with Crippen molar-refractivity contribution in [3.63, 3.8) is 0 Å². The van der Waals surface area contributed by atoms with Gasteiger partial charge >= 0.3 is 0 Å². The molecule has 1 N–H and O–H groups in total. The zero-order valence-corrected chi connectivity index (χ0v) is 12.6. The number of benzene rings is 1. The summed E-state index contributed by atoms with van der Waals surface area (Å²) in [6, 6.07) is 6.67. The molecule has 0 saturated carbocycles. The molecule has 1 heterocycles. The number of nitrogens with one attached hydrogen (secondary N) is 1. The molecule has 0 aromatic heterocycles. The Labute approximate surface area is 125 Å². The van der Waals surface area contributed by atoms with Gasteiger partial charge in [0.25, 0.3) is 0 Å². The lowest BCUT2D eigenvalue weighted by Gasteiger charge is -2.36. The Bertz CT molecular complexity index is 441. The fraction of sp³-hybridized carbons (Fsp3) is 0.562. The summed E-state index contributed by atoms with van der Waals surface area (Å²) < 4.78 is 12.9. The van der Waals surface area contributed by atoms with Crippen LogP contribution in [0.5, 0.6) is 0 Å². The maximum Gasteiger partial charge on any atom is 0.220 e. The van der Waals surface area contributed by atoms with Crippen LogP contribution in [-0.2, 0) is 4.79 Å². The van der Waals surface area contributed by atoms with Gasteiger partial charge in [0.1, 0.15) is 5.82 Å². The molecule has 5 heteroatoms. The number of amides is 1. The van der Waals surface area contributed by atoms with E-state index >= 15 is 0 Å². The molecule has 0 unspecified atom stereocenters. The van der Waals surface area contributed by atoms with Crippen molar-refractivity contribution in [3.8, 4) is 0 Å². The first kappa shape index (κ1) is 15.8. The molecule has 0 atom stereocenters. The predicted molar refractivity (Wildman–Crippen MR) is 83.0 cm³/mol. The Hall–Kier alpha value is -1.62. The number of piperazine rings is 1. The third-order valence-corrected chi connectivity index (χ3v) is 3.79. The molecule has 1 aromatic carbocycles. The van der Waals surface area contributed by atoms with E-state index in [1.165, 1.54) is 12.1 Å². The van der Waals surface area contributed by atoms with Gasteiger partial charge in [-0.2, -0.15) is 0 Å². The van der Waals surface area contributed by atoms with Gasteiger partial charge in [-0.05, 0) is 30.7 Å². The number of carbonyl (C=O) groups is 1. The molecule has 0 spiro atoms. The number of hydrogen-bond acceptors (Lipinski definition) is 3. The maximum atomic E-state index is 12.9. The number of carbonyl (C=O) groups excluding carboxylic acids is 1. The van der Waals surface area contributed by atoms with Gasteiger partial charge in [-0.1, -0.05) is 6.92 Å². The molecule has 1 fully saturated rings. The van der Waals surface area contributed by atoms with Gasteiger partial charge in [-0.15, -0.1) is 0 Å². The minimum Gasteiger partial charge on any atom is -0.369 e. The van der Waals surface area contributed by atoms with Gasteiger partial charge in [-0.25, -0.2) is 4.39 Å². The summed E-state index contributed by atoms with van der Waals surface area (Å²) in [6.07, 6.45) is 1.50. The van der Waals surface area contributed by atoms with Crippen molar-refractivity contribution in [2.75, 3.05) is 44.2 Å². The number of hydrogen-bond donors (Lipinski definition) is 1. The van der Waals surface area contributed by atoms with Crippen molar-refractivity contribution in [1.82, 2.24) is 10.2 Å². The quantitative estimate of drug-likeness (QED) is 0.869. The molecule has 1 aliphatic rings. The standard InChI is InChI=1S/C16H24FN3O/c1-2-3-16(21)18-8-9-19-10-12-20(13-11-19)15-6-4-14(17)5-7-15/h4-7H,2-3,8-13H2,1H3,(H,18,21). The molecule has 0 bridgehead atoms. The van der Waals surface area contributed by atoms with Gasteiger partial charge in [-0.3, -0.25) is 9.69 Å². The lowest BCUT2D eigenvalue weighted by Crippen LogP contribution is -2.48. The highest BCUT2D eigenvalue weighted by molar-refractivity contribution is 5.75. The molecule has 1 aliphatic heterocycles. The molecule has 1 saturated heterocycles. The van der Waals surface area contributed by atoms with E-state index in [9.17, 15) is 9.18 Å².